The SMILES string of the molecule is CCOC(=O)C(/C=C/C(=O)C(F)(F)F)C(C)=O. The van der Waals surface area contributed by atoms with E-state index in [9.17, 15) is 27.6 Å². The molecule has 1 atom stereocenters. The summed E-state index contributed by atoms with van der Waals surface area (Å²) in [6.45, 7) is 2.49. The van der Waals surface area contributed by atoms with Crippen molar-refractivity contribution in [1.29, 1.82) is 0 Å². The van der Waals surface area contributed by atoms with Crippen molar-refractivity contribution >= 4 is 17.5 Å². The van der Waals surface area contributed by atoms with Gasteiger partial charge >= 0.3 is 12.1 Å². The molecule has 0 bridgehead atoms. The van der Waals surface area contributed by atoms with Crippen LogP contribution in [0.4, 0.5) is 13.2 Å². The van der Waals surface area contributed by atoms with Crippen molar-refractivity contribution in [1.82, 2.24) is 0 Å². The molecule has 0 aromatic heterocycles. The minimum absolute atomic E-state index is 0.0102. The molecular weight excluding hydrogens is 241 g/mol. The minimum atomic E-state index is -5.02. The van der Waals surface area contributed by atoms with Gasteiger partial charge in [-0.3, -0.25) is 14.4 Å². The van der Waals surface area contributed by atoms with E-state index in [0.29, 0.717) is 6.08 Å². The molecule has 0 saturated carbocycles. The summed E-state index contributed by atoms with van der Waals surface area (Å²) in [4.78, 5) is 32.6. The lowest BCUT2D eigenvalue weighted by molar-refractivity contribution is -0.165. The second kappa shape index (κ2) is 6.17. The van der Waals surface area contributed by atoms with Gasteiger partial charge in [-0.05, 0) is 19.9 Å². The maximum atomic E-state index is 11.8. The molecule has 96 valence electrons. The molecule has 0 spiro atoms. The third-order valence-electron chi connectivity index (χ3n) is 1.70. The van der Waals surface area contributed by atoms with Gasteiger partial charge < -0.3 is 4.74 Å². The Morgan fingerprint density at radius 2 is 1.82 bits per heavy atom. The molecule has 1 unspecified atom stereocenters. The summed E-state index contributed by atoms with van der Waals surface area (Å²) in [5, 5.41) is 0. The Hall–Kier alpha value is -1.66. The van der Waals surface area contributed by atoms with E-state index >= 15 is 0 Å². The van der Waals surface area contributed by atoms with Gasteiger partial charge in [0.1, 0.15) is 11.7 Å². The number of rotatable bonds is 5. The lowest BCUT2D eigenvalue weighted by Gasteiger charge is -2.07. The molecule has 0 fully saturated rings. The largest absolute Gasteiger partial charge is 0.465 e. The molecule has 0 saturated heterocycles. The highest BCUT2D eigenvalue weighted by molar-refractivity contribution is 6.02. The van der Waals surface area contributed by atoms with Crippen LogP contribution in [-0.2, 0) is 19.1 Å². The lowest BCUT2D eigenvalue weighted by atomic mass is 10.0. The molecule has 17 heavy (non-hydrogen) atoms. The molecule has 0 aromatic rings. The molecule has 0 heterocycles. The van der Waals surface area contributed by atoms with Gasteiger partial charge in [-0.25, -0.2) is 0 Å². The topological polar surface area (TPSA) is 60.4 Å². The summed E-state index contributed by atoms with van der Waals surface area (Å²) in [7, 11) is 0. The van der Waals surface area contributed by atoms with Crippen molar-refractivity contribution in [2.24, 2.45) is 5.92 Å². The highest BCUT2D eigenvalue weighted by Gasteiger charge is 2.36. The fraction of sp³-hybridized carbons (Fsp3) is 0.500. The number of alkyl halides is 3. The Bertz CT molecular complexity index is 344. The maximum absolute atomic E-state index is 11.8. The number of allylic oxidation sites excluding steroid dienone is 1. The van der Waals surface area contributed by atoms with Crippen LogP contribution in [0, 0.1) is 5.92 Å². The van der Waals surface area contributed by atoms with Crippen LogP contribution in [0.5, 0.6) is 0 Å². The summed E-state index contributed by atoms with van der Waals surface area (Å²) >= 11 is 0. The Labute approximate surface area is 95.4 Å². The van der Waals surface area contributed by atoms with E-state index in [1.165, 1.54) is 6.92 Å². The van der Waals surface area contributed by atoms with Gasteiger partial charge in [0, 0.05) is 0 Å². The first-order valence-electron chi connectivity index (χ1n) is 4.66. The van der Waals surface area contributed by atoms with E-state index in [0.717, 1.165) is 6.92 Å². The van der Waals surface area contributed by atoms with E-state index in [4.69, 9.17) is 0 Å². The fourth-order valence-corrected chi connectivity index (χ4v) is 0.890. The Morgan fingerprint density at radius 1 is 1.29 bits per heavy atom. The number of ketones is 2. The van der Waals surface area contributed by atoms with Crippen LogP contribution in [0.15, 0.2) is 12.2 Å². The molecule has 0 aliphatic heterocycles. The van der Waals surface area contributed by atoms with E-state index in [1.54, 1.807) is 0 Å². The Morgan fingerprint density at radius 3 is 2.18 bits per heavy atom. The number of esters is 1. The van der Waals surface area contributed by atoms with Gasteiger partial charge in [-0.2, -0.15) is 13.2 Å². The molecule has 0 amide bonds. The number of carbonyl (C=O) groups is 3. The monoisotopic (exact) mass is 252 g/mol. The summed E-state index contributed by atoms with van der Waals surface area (Å²) in [6, 6.07) is 0. The molecule has 0 N–H and O–H groups in total. The maximum Gasteiger partial charge on any atom is 0.454 e. The zero-order valence-corrected chi connectivity index (χ0v) is 9.21. The van der Waals surface area contributed by atoms with E-state index in [1.807, 2.05) is 0 Å². The van der Waals surface area contributed by atoms with Gasteiger partial charge in [-0.15, -0.1) is 0 Å². The quantitative estimate of drug-likeness (QED) is 0.422. The molecule has 4 nitrogen and oxygen atoms in total. The first kappa shape index (κ1) is 15.3. The molecule has 7 heteroatoms. The van der Waals surface area contributed by atoms with Crippen molar-refractivity contribution in [3.63, 3.8) is 0 Å². The lowest BCUT2D eigenvalue weighted by Crippen LogP contribution is -2.24. The normalized spacial score (nSPS) is 13.5. The van der Waals surface area contributed by atoms with Gasteiger partial charge in [0.2, 0.25) is 0 Å². The third-order valence-corrected chi connectivity index (χ3v) is 1.70. The highest BCUT2D eigenvalue weighted by atomic mass is 19.4. The number of Topliss-reactive ketones (excluding diaryl/α,β-unsaturated/α-hetero) is 1. The summed E-state index contributed by atoms with van der Waals surface area (Å²) in [5.74, 6) is -5.30. The van der Waals surface area contributed by atoms with Crippen LogP contribution in [0.2, 0.25) is 0 Å². The van der Waals surface area contributed by atoms with Crippen molar-refractivity contribution in [2.45, 2.75) is 20.0 Å². The molecule has 0 aromatic carbocycles. The predicted molar refractivity (Wildman–Crippen MR) is 51.0 cm³/mol. The Kier molecular flexibility index (Phi) is 5.57. The van der Waals surface area contributed by atoms with Crippen LogP contribution in [0.3, 0.4) is 0 Å². The smallest absolute Gasteiger partial charge is 0.454 e. The van der Waals surface area contributed by atoms with Crippen LogP contribution < -0.4 is 0 Å². The summed E-state index contributed by atoms with van der Waals surface area (Å²) < 4.78 is 40.0. The summed E-state index contributed by atoms with van der Waals surface area (Å²) in [6.07, 6.45) is -4.27. The first-order valence-corrected chi connectivity index (χ1v) is 4.66. The zero-order valence-electron chi connectivity index (χ0n) is 9.21. The zero-order chi connectivity index (χ0) is 13.6. The number of ether oxygens (including phenoxy) is 1. The standard InChI is InChI=1S/C10H11F3O4/c1-3-17-9(16)7(6(2)14)4-5-8(15)10(11,12)13/h4-5,7H,3H2,1-2H3/b5-4+. The molecular formula is C10H11F3O4. The molecule has 0 radical (unpaired) electrons. The average Bonchev–Trinajstić information content (AvgIpc) is 2.16. The third kappa shape index (κ3) is 5.28. The number of halogens is 3. The Balaban J connectivity index is 4.79. The van der Waals surface area contributed by atoms with Crippen molar-refractivity contribution in [3.8, 4) is 0 Å². The minimum Gasteiger partial charge on any atom is -0.465 e. The van der Waals surface area contributed by atoms with Gasteiger partial charge in [0.05, 0.1) is 6.61 Å². The second-order valence-electron chi connectivity index (χ2n) is 3.06. The second-order valence-corrected chi connectivity index (χ2v) is 3.06. The van der Waals surface area contributed by atoms with E-state index < -0.39 is 29.6 Å². The predicted octanol–water partition coefficient (Wildman–Crippen LogP) is 1.44. The van der Waals surface area contributed by atoms with Gasteiger partial charge in [0.25, 0.3) is 5.78 Å². The van der Waals surface area contributed by atoms with Crippen molar-refractivity contribution in [2.75, 3.05) is 6.61 Å². The summed E-state index contributed by atoms with van der Waals surface area (Å²) in [5.41, 5.74) is 0. The van der Waals surface area contributed by atoms with Crippen LogP contribution in [-0.4, -0.2) is 30.3 Å². The van der Waals surface area contributed by atoms with Crippen molar-refractivity contribution < 1.29 is 32.3 Å². The number of hydrogen-bond acceptors (Lipinski definition) is 4. The van der Waals surface area contributed by atoms with Gasteiger partial charge in [-0.1, -0.05) is 6.08 Å². The highest BCUT2D eigenvalue weighted by Crippen LogP contribution is 2.17. The van der Waals surface area contributed by atoms with E-state index in [-0.39, 0.29) is 12.7 Å². The van der Waals surface area contributed by atoms with Gasteiger partial charge in [0.15, 0.2) is 0 Å². The molecule has 0 aliphatic rings. The molecule has 0 aliphatic carbocycles. The fourth-order valence-electron chi connectivity index (χ4n) is 0.890. The average molecular weight is 252 g/mol. The molecule has 0 rings (SSSR count). The number of carbonyl (C=O) groups excluding carboxylic acids is 3. The van der Waals surface area contributed by atoms with E-state index in [2.05, 4.69) is 4.74 Å². The van der Waals surface area contributed by atoms with Crippen LogP contribution in [0.25, 0.3) is 0 Å². The van der Waals surface area contributed by atoms with Crippen LogP contribution >= 0.6 is 0 Å². The first-order chi connectivity index (χ1) is 7.70. The number of hydrogen-bond donors (Lipinski definition) is 0. The van der Waals surface area contributed by atoms with Crippen LogP contribution in [0.1, 0.15) is 13.8 Å². The van der Waals surface area contributed by atoms with Crippen molar-refractivity contribution in [3.05, 3.63) is 12.2 Å².